The Morgan fingerprint density at radius 2 is 1.70 bits per heavy atom. The van der Waals surface area contributed by atoms with Crippen molar-refractivity contribution in [1.82, 2.24) is 5.32 Å². The fourth-order valence-corrected chi connectivity index (χ4v) is 6.38. The Hall–Kier alpha value is -2.02. The van der Waals surface area contributed by atoms with Crippen LogP contribution >= 0.6 is 23.2 Å². The molecule has 1 unspecified atom stereocenters. The summed E-state index contributed by atoms with van der Waals surface area (Å²) < 4.78 is 19.3. The molecular weight excluding hydrogens is 522 g/mol. The van der Waals surface area contributed by atoms with Gasteiger partial charge in [0, 0.05) is 41.1 Å². The normalized spacial score (nSPS) is 23.4. The Kier molecular flexibility index (Phi) is 8.61. The van der Waals surface area contributed by atoms with Crippen molar-refractivity contribution in [3.8, 4) is 0 Å². The van der Waals surface area contributed by atoms with Crippen molar-refractivity contribution in [3.63, 3.8) is 0 Å². The topological polar surface area (TPSA) is 33.6 Å². The fourth-order valence-electron chi connectivity index (χ4n) is 5.31. The van der Waals surface area contributed by atoms with Crippen LogP contribution in [0.5, 0.6) is 0 Å². The minimum atomic E-state index is -0.983. The summed E-state index contributed by atoms with van der Waals surface area (Å²) in [7, 11) is 0.798. The van der Waals surface area contributed by atoms with Crippen LogP contribution in [0.25, 0.3) is 0 Å². The highest BCUT2D eigenvalue weighted by Crippen LogP contribution is 2.56. The first-order chi connectivity index (χ1) is 17.6. The first-order valence-corrected chi connectivity index (χ1v) is 17.0. The van der Waals surface area contributed by atoms with Gasteiger partial charge in [-0.1, -0.05) is 73.2 Å². The number of rotatable bonds is 4. The molecule has 5 rings (SSSR count). The van der Waals surface area contributed by atoms with Crippen LogP contribution in [-0.2, 0) is 10.2 Å². The lowest BCUT2D eigenvalue weighted by Crippen LogP contribution is -2.51. The summed E-state index contributed by atoms with van der Waals surface area (Å²) in [4.78, 5) is 4.76. The Bertz CT molecular complexity index is 1220. The molecule has 0 bridgehead atoms. The molecule has 196 valence electrons. The minimum absolute atomic E-state index is 0.123. The SMILES string of the molecule is COC(C)[Si](C)(C)C.Fc1cccc([C@H]2NCC[C@@H](c3cccc(Cl)c3)[C@]23C=Nc2cc(Cl)ccc23)c1. The highest BCUT2D eigenvalue weighted by molar-refractivity contribution is 6.77. The second-order valence-electron chi connectivity index (χ2n) is 10.9. The number of ether oxygens (including phenoxy) is 1. The Morgan fingerprint density at radius 3 is 2.35 bits per heavy atom. The molecule has 1 spiro atoms. The zero-order valence-corrected chi connectivity index (χ0v) is 24.6. The van der Waals surface area contributed by atoms with Crippen LogP contribution in [0.3, 0.4) is 0 Å². The highest BCUT2D eigenvalue weighted by atomic mass is 35.5. The second-order valence-corrected chi connectivity index (χ2v) is 17.4. The number of nitrogens with zero attached hydrogens (tertiary/aromatic N) is 1. The maximum Gasteiger partial charge on any atom is 0.123 e. The van der Waals surface area contributed by atoms with E-state index in [1.807, 2.05) is 42.6 Å². The fraction of sp³-hybridized carbons (Fsp3) is 0.367. The molecule has 1 saturated heterocycles. The van der Waals surface area contributed by atoms with Crippen molar-refractivity contribution in [3.05, 3.63) is 99.3 Å². The summed E-state index contributed by atoms with van der Waals surface area (Å²) in [5, 5.41) is 5.01. The van der Waals surface area contributed by atoms with E-state index in [0.717, 1.165) is 35.3 Å². The first-order valence-electron chi connectivity index (χ1n) is 12.7. The lowest BCUT2D eigenvalue weighted by atomic mass is 9.60. The van der Waals surface area contributed by atoms with E-state index in [4.69, 9.17) is 32.9 Å². The summed E-state index contributed by atoms with van der Waals surface area (Å²) in [5.74, 6) is -0.0995. The van der Waals surface area contributed by atoms with Gasteiger partial charge in [0.2, 0.25) is 0 Å². The van der Waals surface area contributed by atoms with Gasteiger partial charge in [0.05, 0.1) is 19.2 Å². The summed E-state index contributed by atoms with van der Waals surface area (Å²) in [5.41, 5.74) is 4.07. The quantitative estimate of drug-likeness (QED) is 0.326. The van der Waals surface area contributed by atoms with Crippen LogP contribution in [-0.4, -0.2) is 33.7 Å². The van der Waals surface area contributed by atoms with E-state index in [9.17, 15) is 4.39 Å². The van der Waals surface area contributed by atoms with Gasteiger partial charge in [-0.15, -0.1) is 0 Å². The first kappa shape index (κ1) is 28.0. The lowest BCUT2D eigenvalue weighted by Gasteiger charge is -2.47. The number of hydrogen-bond acceptors (Lipinski definition) is 3. The highest BCUT2D eigenvalue weighted by Gasteiger charge is 2.52. The van der Waals surface area contributed by atoms with Crippen LogP contribution in [0.2, 0.25) is 29.7 Å². The number of nitrogens with one attached hydrogen (secondary N) is 1. The van der Waals surface area contributed by atoms with Gasteiger partial charge in [0.25, 0.3) is 0 Å². The molecule has 2 aliphatic heterocycles. The van der Waals surface area contributed by atoms with Crippen molar-refractivity contribution in [2.75, 3.05) is 13.7 Å². The van der Waals surface area contributed by atoms with E-state index >= 15 is 0 Å². The molecule has 1 fully saturated rings. The number of aliphatic imine (C=N–C) groups is 1. The van der Waals surface area contributed by atoms with Gasteiger partial charge in [0.15, 0.2) is 0 Å². The molecule has 1 N–H and O–H groups in total. The Labute approximate surface area is 231 Å². The third kappa shape index (κ3) is 5.86. The molecule has 7 heteroatoms. The molecule has 0 aromatic heterocycles. The van der Waals surface area contributed by atoms with Gasteiger partial charge < -0.3 is 10.1 Å². The van der Waals surface area contributed by atoms with Crippen LogP contribution in [0.1, 0.15) is 42.0 Å². The maximum atomic E-state index is 14.1. The molecule has 0 saturated carbocycles. The van der Waals surface area contributed by atoms with Crippen LogP contribution in [0, 0.1) is 5.82 Å². The van der Waals surface area contributed by atoms with Crippen molar-refractivity contribution < 1.29 is 9.13 Å². The van der Waals surface area contributed by atoms with Crippen molar-refractivity contribution >= 4 is 43.2 Å². The Morgan fingerprint density at radius 1 is 1.00 bits per heavy atom. The minimum Gasteiger partial charge on any atom is -0.385 e. The standard InChI is InChI=1S/C24H19Cl2FN2.C6H16OSi/c25-17-5-1-3-15(11-17)20-9-10-28-23(16-4-2-6-19(27)12-16)24(20)14-29-22-13-18(26)7-8-21(22)24;1-6(7-2)8(3,4)5/h1-8,11-14,20,23,28H,9-10H2;6H,1-5H3/t20-,23+,24-;/m0./s1. The number of methoxy groups -OCH3 is 1. The van der Waals surface area contributed by atoms with Gasteiger partial charge in [-0.05, 0) is 73.0 Å². The van der Waals surface area contributed by atoms with E-state index in [0.29, 0.717) is 15.8 Å². The number of fused-ring (bicyclic) bond motifs is 2. The van der Waals surface area contributed by atoms with E-state index < -0.39 is 13.5 Å². The van der Waals surface area contributed by atoms with Gasteiger partial charge in [-0.2, -0.15) is 0 Å². The van der Waals surface area contributed by atoms with E-state index in [1.165, 1.54) is 6.07 Å². The van der Waals surface area contributed by atoms with E-state index in [2.05, 4.69) is 44.0 Å². The molecule has 0 aliphatic carbocycles. The lowest BCUT2D eigenvalue weighted by molar-refractivity contribution is 0.172. The molecule has 3 nitrogen and oxygen atoms in total. The zero-order chi connectivity index (χ0) is 26.8. The molecule has 3 aromatic carbocycles. The van der Waals surface area contributed by atoms with Gasteiger partial charge in [-0.3, -0.25) is 4.99 Å². The average molecular weight is 558 g/mol. The van der Waals surface area contributed by atoms with E-state index in [1.54, 1.807) is 19.2 Å². The number of hydrogen-bond donors (Lipinski definition) is 1. The molecule has 3 aromatic rings. The molecular formula is C30H35Cl2FN2OSi. The summed E-state index contributed by atoms with van der Waals surface area (Å²) in [6.07, 6.45) is 2.95. The van der Waals surface area contributed by atoms with Crippen LogP contribution in [0.15, 0.2) is 71.7 Å². The summed E-state index contributed by atoms with van der Waals surface area (Å²) in [6.45, 7) is 9.88. The van der Waals surface area contributed by atoms with Gasteiger partial charge in [0.1, 0.15) is 5.82 Å². The molecule has 4 atom stereocenters. The maximum absolute atomic E-state index is 14.1. The number of halogens is 3. The predicted octanol–water partition coefficient (Wildman–Crippen LogP) is 8.50. The number of piperidine rings is 1. The zero-order valence-electron chi connectivity index (χ0n) is 22.1. The van der Waals surface area contributed by atoms with Gasteiger partial charge in [-0.25, -0.2) is 4.39 Å². The number of benzene rings is 3. The third-order valence-corrected chi connectivity index (χ3v) is 10.8. The van der Waals surface area contributed by atoms with Crippen molar-refractivity contribution in [1.29, 1.82) is 0 Å². The second kappa shape index (κ2) is 11.4. The molecule has 0 radical (unpaired) electrons. The molecule has 2 heterocycles. The summed E-state index contributed by atoms with van der Waals surface area (Å²) >= 11 is 12.6. The predicted molar refractivity (Wildman–Crippen MR) is 157 cm³/mol. The molecule has 0 amide bonds. The van der Waals surface area contributed by atoms with E-state index in [-0.39, 0.29) is 17.8 Å². The third-order valence-electron chi connectivity index (χ3n) is 7.69. The average Bonchev–Trinajstić information content (AvgIpc) is 3.21. The van der Waals surface area contributed by atoms with Crippen molar-refractivity contribution in [2.24, 2.45) is 4.99 Å². The molecule has 2 aliphatic rings. The Balaban J connectivity index is 0.000000349. The molecule has 37 heavy (non-hydrogen) atoms. The van der Waals surface area contributed by atoms with Crippen molar-refractivity contribution in [2.45, 2.75) is 56.1 Å². The summed E-state index contributed by atoms with van der Waals surface area (Å²) in [6, 6.07) is 20.6. The van der Waals surface area contributed by atoms with Crippen LogP contribution < -0.4 is 5.32 Å². The smallest absolute Gasteiger partial charge is 0.123 e. The monoisotopic (exact) mass is 556 g/mol. The van der Waals surface area contributed by atoms with Gasteiger partial charge >= 0.3 is 0 Å². The largest absolute Gasteiger partial charge is 0.385 e. The van der Waals surface area contributed by atoms with Crippen LogP contribution in [0.4, 0.5) is 10.1 Å².